The Hall–Kier alpha value is -0.190. The van der Waals surface area contributed by atoms with Crippen molar-refractivity contribution in [2.45, 2.75) is 6.42 Å². The molecular formula is C4H8ClN3S. The fraction of sp³-hybridized carbons (Fsp3) is 0.500. The van der Waals surface area contributed by atoms with Crippen LogP contribution in [-0.4, -0.2) is 16.1 Å². The zero-order chi connectivity index (χ0) is 5.82. The van der Waals surface area contributed by atoms with Crippen LogP contribution in [0.15, 0.2) is 5.38 Å². The van der Waals surface area contributed by atoms with E-state index in [9.17, 15) is 0 Å². The summed E-state index contributed by atoms with van der Waals surface area (Å²) in [5, 5.41) is 5.70. The van der Waals surface area contributed by atoms with E-state index in [1.807, 2.05) is 5.38 Å². The number of hydrogen-bond acceptors (Lipinski definition) is 4. The predicted octanol–water partition coefficient (Wildman–Crippen LogP) is 0.461. The number of aromatic nitrogens is 2. The normalized spacial score (nSPS) is 8.56. The summed E-state index contributed by atoms with van der Waals surface area (Å²) in [6.07, 6.45) is 0.844. The van der Waals surface area contributed by atoms with Crippen LogP contribution in [0.2, 0.25) is 0 Å². The maximum Gasteiger partial charge on any atom is 0.0768 e. The standard InChI is InChI=1S/C4H7N3S.ClH/c5-2-1-4-3-8-7-6-4;/h3H,1-2,5H2;1H. The third-order valence-electron chi connectivity index (χ3n) is 0.806. The molecule has 1 heterocycles. The maximum absolute atomic E-state index is 5.26. The van der Waals surface area contributed by atoms with E-state index in [-0.39, 0.29) is 12.4 Å². The minimum atomic E-state index is 0. The maximum atomic E-state index is 5.26. The second kappa shape index (κ2) is 4.67. The Morgan fingerprint density at radius 2 is 2.44 bits per heavy atom. The van der Waals surface area contributed by atoms with Crippen LogP contribution < -0.4 is 5.73 Å². The summed E-state index contributed by atoms with van der Waals surface area (Å²) in [7, 11) is 0. The molecule has 0 aliphatic heterocycles. The molecule has 9 heavy (non-hydrogen) atoms. The highest BCUT2D eigenvalue weighted by molar-refractivity contribution is 7.03. The van der Waals surface area contributed by atoms with Gasteiger partial charge in [0.2, 0.25) is 0 Å². The van der Waals surface area contributed by atoms with Crippen molar-refractivity contribution in [3.05, 3.63) is 11.1 Å². The van der Waals surface area contributed by atoms with Crippen molar-refractivity contribution in [1.82, 2.24) is 9.59 Å². The van der Waals surface area contributed by atoms with Gasteiger partial charge in [-0.2, -0.15) is 0 Å². The molecule has 0 saturated heterocycles. The summed E-state index contributed by atoms with van der Waals surface area (Å²) in [6.45, 7) is 0.658. The molecule has 0 spiro atoms. The van der Waals surface area contributed by atoms with Crippen LogP contribution in [0, 0.1) is 0 Å². The largest absolute Gasteiger partial charge is 0.330 e. The molecule has 0 atom stereocenters. The van der Waals surface area contributed by atoms with Crippen LogP contribution in [-0.2, 0) is 6.42 Å². The van der Waals surface area contributed by atoms with Crippen molar-refractivity contribution in [3.63, 3.8) is 0 Å². The summed E-state index contributed by atoms with van der Waals surface area (Å²) in [5.41, 5.74) is 6.25. The average molecular weight is 166 g/mol. The van der Waals surface area contributed by atoms with Gasteiger partial charge in [-0.15, -0.1) is 17.5 Å². The molecule has 5 heteroatoms. The summed E-state index contributed by atoms with van der Waals surface area (Å²) in [5.74, 6) is 0. The van der Waals surface area contributed by atoms with E-state index in [4.69, 9.17) is 5.73 Å². The zero-order valence-corrected chi connectivity index (χ0v) is 6.41. The molecule has 0 aliphatic carbocycles. The predicted molar refractivity (Wildman–Crippen MR) is 39.9 cm³/mol. The van der Waals surface area contributed by atoms with Crippen molar-refractivity contribution in [1.29, 1.82) is 0 Å². The highest BCUT2D eigenvalue weighted by Crippen LogP contribution is 1.95. The Balaban J connectivity index is 0.000000640. The lowest BCUT2D eigenvalue weighted by molar-refractivity contribution is 0.906. The summed E-state index contributed by atoms with van der Waals surface area (Å²) in [6, 6.07) is 0. The first-order chi connectivity index (χ1) is 3.93. The number of rotatable bonds is 2. The van der Waals surface area contributed by atoms with Crippen molar-refractivity contribution in [2.24, 2.45) is 5.73 Å². The summed E-state index contributed by atoms with van der Waals surface area (Å²) in [4.78, 5) is 0. The molecule has 3 nitrogen and oxygen atoms in total. The molecular weight excluding hydrogens is 158 g/mol. The van der Waals surface area contributed by atoms with Crippen molar-refractivity contribution in [2.75, 3.05) is 6.54 Å². The third kappa shape index (κ3) is 2.74. The van der Waals surface area contributed by atoms with Crippen LogP contribution in [0.25, 0.3) is 0 Å². The van der Waals surface area contributed by atoms with E-state index < -0.39 is 0 Å². The van der Waals surface area contributed by atoms with Gasteiger partial charge in [0.15, 0.2) is 0 Å². The molecule has 0 unspecified atom stereocenters. The number of nitrogens with two attached hydrogens (primary N) is 1. The summed E-state index contributed by atoms with van der Waals surface area (Å²) < 4.78 is 3.68. The Morgan fingerprint density at radius 1 is 1.67 bits per heavy atom. The van der Waals surface area contributed by atoms with Crippen molar-refractivity contribution >= 4 is 23.9 Å². The molecule has 0 amide bonds. The minimum absolute atomic E-state index is 0. The average Bonchev–Trinajstić information content (AvgIpc) is 2.19. The van der Waals surface area contributed by atoms with Crippen LogP contribution >= 0.6 is 23.9 Å². The molecule has 52 valence electrons. The van der Waals surface area contributed by atoms with Crippen LogP contribution in [0.3, 0.4) is 0 Å². The molecule has 1 rings (SSSR count). The minimum Gasteiger partial charge on any atom is -0.330 e. The summed E-state index contributed by atoms with van der Waals surface area (Å²) >= 11 is 1.36. The van der Waals surface area contributed by atoms with Crippen LogP contribution in [0.4, 0.5) is 0 Å². The van der Waals surface area contributed by atoms with Crippen LogP contribution in [0.5, 0.6) is 0 Å². The van der Waals surface area contributed by atoms with E-state index >= 15 is 0 Å². The molecule has 0 fully saturated rings. The monoisotopic (exact) mass is 165 g/mol. The third-order valence-corrected chi connectivity index (χ3v) is 1.36. The first-order valence-corrected chi connectivity index (χ1v) is 3.23. The fourth-order valence-corrected chi connectivity index (χ4v) is 0.927. The molecule has 0 radical (unpaired) electrons. The van der Waals surface area contributed by atoms with Gasteiger partial charge in [-0.05, 0) is 18.1 Å². The second-order valence-electron chi connectivity index (χ2n) is 1.43. The Morgan fingerprint density at radius 3 is 2.89 bits per heavy atom. The van der Waals surface area contributed by atoms with Gasteiger partial charge in [0.05, 0.1) is 5.69 Å². The topological polar surface area (TPSA) is 51.8 Å². The Labute approximate surface area is 63.8 Å². The molecule has 0 aliphatic rings. The van der Waals surface area contributed by atoms with Crippen molar-refractivity contribution in [3.8, 4) is 0 Å². The number of hydrogen-bond donors (Lipinski definition) is 1. The highest BCUT2D eigenvalue weighted by Gasteiger charge is 1.90. The molecule has 0 aromatic carbocycles. The first-order valence-electron chi connectivity index (χ1n) is 2.39. The lowest BCUT2D eigenvalue weighted by Gasteiger charge is -1.83. The Bertz CT molecular complexity index is 142. The fourth-order valence-electron chi connectivity index (χ4n) is 0.441. The van der Waals surface area contributed by atoms with Gasteiger partial charge in [-0.25, -0.2) is 0 Å². The van der Waals surface area contributed by atoms with E-state index in [0.717, 1.165) is 12.1 Å². The molecule has 1 aromatic heterocycles. The van der Waals surface area contributed by atoms with Gasteiger partial charge >= 0.3 is 0 Å². The lowest BCUT2D eigenvalue weighted by Crippen LogP contribution is -2.02. The van der Waals surface area contributed by atoms with Gasteiger partial charge in [0.1, 0.15) is 0 Å². The van der Waals surface area contributed by atoms with Gasteiger partial charge < -0.3 is 5.73 Å². The van der Waals surface area contributed by atoms with Gasteiger partial charge in [-0.1, -0.05) is 4.49 Å². The van der Waals surface area contributed by atoms with E-state index in [0.29, 0.717) is 6.54 Å². The molecule has 2 N–H and O–H groups in total. The smallest absolute Gasteiger partial charge is 0.0768 e. The molecule has 0 bridgehead atoms. The van der Waals surface area contributed by atoms with E-state index in [1.54, 1.807) is 0 Å². The second-order valence-corrected chi connectivity index (χ2v) is 2.04. The number of halogens is 1. The SMILES string of the molecule is Cl.NCCc1csnn1. The molecule has 1 aromatic rings. The quantitative estimate of drug-likeness (QED) is 0.693. The number of nitrogens with zero attached hydrogens (tertiary/aromatic N) is 2. The lowest BCUT2D eigenvalue weighted by atomic mass is 10.4. The highest BCUT2D eigenvalue weighted by atomic mass is 35.5. The van der Waals surface area contributed by atoms with Gasteiger partial charge in [0, 0.05) is 11.8 Å². The van der Waals surface area contributed by atoms with Gasteiger partial charge in [-0.3, -0.25) is 0 Å². The van der Waals surface area contributed by atoms with E-state index in [2.05, 4.69) is 9.59 Å². The Kier molecular flexibility index (Phi) is 4.57. The van der Waals surface area contributed by atoms with Gasteiger partial charge in [0.25, 0.3) is 0 Å². The molecule has 0 saturated carbocycles. The van der Waals surface area contributed by atoms with Crippen molar-refractivity contribution < 1.29 is 0 Å². The first kappa shape index (κ1) is 8.81. The van der Waals surface area contributed by atoms with Crippen LogP contribution in [0.1, 0.15) is 5.69 Å². The zero-order valence-electron chi connectivity index (χ0n) is 4.78. The van der Waals surface area contributed by atoms with E-state index in [1.165, 1.54) is 11.5 Å².